The zero-order valence-corrected chi connectivity index (χ0v) is 13.8. The number of benzene rings is 1. The van der Waals surface area contributed by atoms with E-state index in [1.807, 2.05) is 36.1 Å². The Morgan fingerprint density at radius 1 is 1.23 bits per heavy atom. The highest BCUT2D eigenvalue weighted by Crippen LogP contribution is 2.21. The number of anilines is 1. The maximum Gasteiger partial charge on any atom is 0.224 e. The first kappa shape index (κ1) is 16.5. The summed E-state index contributed by atoms with van der Waals surface area (Å²) >= 11 is 0. The minimum Gasteiger partial charge on any atom is -0.343 e. The Kier molecular flexibility index (Phi) is 5.58. The van der Waals surface area contributed by atoms with Gasteiger partial charge in [-0.15, -0.1) is 0 Å². The fourth-order valence-corrected chi connectivity index (χ4v) is 2.94. The van der Waals surface area contributed by atoms with Gasteiger partial charge in [0.15, 0.2) is 0 Å². The average molecular weight is 302 g/mol. The molecule has 0 bridgehead atoms. The number of para-hydroxylation sites is 1. The van der Waals surface area contributed by atoms with Crippen molar-refractivity contribution in [2.75, 3.05) is 24.5 Å². The second-order valence-corrected chi connectivity index (χ2v) is 6.27. The molecule has 2 amide bonds. The van der Waals surface area contributed by atoms with Crippen molar-refractivity contribution in [3.05, 3.63) is 29.8 Å². The number of likely N-dealkylation sites (tertiary alicyclic amines) is 1. The third-order valence-corrected chi connectivity index (χ3v) is 4.47. The molecule has 0 unspecified atom stereocenters. The summed E-state index contributed by atoms with van der Waals surface area (Å²) in [6.07, 6.45) is 2.56. The molecule has 1 aromatic rings. The Labute approximate surface area is 133 Å². The van der Waals surface area contributed by atoms with Crippen LogP contribution in [0.5, 0.6) is 0 Å². The molecule has 120 valence electrons. The molecule has 0 saturated carbocycles. The Bertz CT molecular complexity index is 534. The SMILES string of the molecule is CC(=O)N(CCC(=O)N1CCC(C)CC1)c1ccccc1C. The minimum atomic E-state index is -0.0191. The Balaban J connectivity index is 1.96. The molecule has 0 N–H and O–H groups in total. The summed E-state index contributed by atoms with van der Waals surface area (Å²) in [5.74, 6) is 0.853. The van der Waals surface area contributed by atoms with E-state index in [1.165, 1.54) is 0 Å². The van der Waals surface area contributed by atoms with E-state index >= 15 is 0 Å². The fraction of sp³-hybridized carbons (Fsp3) is 0.556. The van der Waals surface area contributed by atoms with Gasteiger partial charge in [-0.2, -0.15) is 0 Å². The second kappa shape index (κ2) is 7.43. The van der Waals surface area contributed by atoms with E-state index in [9.17, 15) is 9.59 Å². The predicted octanol–water partition coefficient (Wildman–Crippen LogP) is 3.00. The molecule has 0 spiro atoms. The number of hydrogen-bond acceptors (Lipinski definition) is 2. The van der Waals surface area contributed by atoms with Crippen LogP contribution in [0.2, 0.25) is 0 Å². The lowest BCUT2D eigenvalue weighted by Gasteiger charge is -2.31. The van der Waals surface area contributed by atoms with E-state index in [4.69, 9.17) is 0 Å². The summed E-state index contributed by atoms with van der Waals surface area (Å²) in [6, 6.07) is 7.80. The standard InChI is InChI=1S/C18H26N2O2/c1-14-8-11-19(12-9-14)18(22)10-13-20(16(3)21)17-7-5-4-6-15(17)2/h4-7,14H,8-13H2,1-3H3. The topological polar surface area (TPSA) is 40.6 Å². The van der Waals surface area contributed by atoms with E-state index in [2.05, 4.69) is 6.92 Å². The van der Waals surface area contributed by atoms with Crippen LogP contribution in [0, 0.1) is 12.8 Å². The van der Waals surface area contributed by atoms with E-state index in [1.54, 1.807) is 11.8 Å². The third kappa shape index (κ3) is 4.09. The predicted molar refractivity (Wildman–Crippen MR) is 88.8 cm³/mol. The molecular formula is C18H26N2O2. The van der Waals surface area contributed by atoms with Crippen molar-refractivity contribution in [1.29, 1.82) is 0 Å². The van der Waals surface area contributed by atoms with E-state index in [0.29, 0.717) is 18.9 Å². The van der Waals surface area contributed by atoms with Gasteiger partial charge in [-0.1, -0.05) is 25.1 Å². The van der Waals surface area contributed by atoms with Gasteiger partial charge in [-0.25, -0.2) is 0 Å². The number of carbonyl (C=O) groups is 2. The molecule has 1 aromatic carbocycles. The van der Waals surface area contributed by atoms with E-state index in [0.717, 1.165) is 37.2 Å². The minimum absolute atomic E-state index is 0.0191. The smallest absolute Gasteiger partial charge is 0.224 e. The van der Waals surface area contributed by atoms with E-state index < -0.39 is 0 Å². The summed E-state index contributed by atoms with van der Waals surface area (Å²) in [4.78, 5) is 27.9. The molecule has 4 nitrogen and oxygen atoms in total. The summed E-state index contributed by atoms with van der Waals surface area (Å²) in [6.45, 7) is 7.93. The Hall–Kier alpha value is -1.84. The van der Waals surface area contributed by atoms with Crippen LogP contribution in [0.15, 0.2) is 24.3 Å². The maximum absolute atomic E-state index is 12.3. The number of piperidine rings is 1. The second-order valence-electron chi connectivity index (χ2n) is 6.27. The van der Waals surface area contributed by atoms with Crippen LogP contribution in [0.25, 0.3) is 0 Å². The lowest BCUT2D eigenvalue weighted by atomic mass is 9.99. The molecular weight excluding hydrogens is 276 g/mol. The van der Waals surface area contributed by atoms with Gasteiger partial charge < -0.3 is 9.80 Å². The first-order valence-electron chi connectivity index (χ1n) is 8.10. The van der Waals surface area contributed by atoms with Crippen LogP contribution in [0.3, 0.4) is 0 Å². The molecule has 0 aliphatic carbocycles. The van der Waals surface area contributed by atoms with Gasteiger partial charge in [0.05, 0.1) is 0 Å². The first-order chi connectivity index (χ1) is 10.5. The van der Waals surface area contributed by atoms with Gasteiger partial charge in [-0.05, 0) is 37.3 Å². The molecule has 1 aliphatic rings. The highest BCUT2D eigenvalue weighted by Gasteiger charge is 2.21. The van der Waals surface area contributed by atoms with Crippen molar-refractivity contribution in [3.8, 4) is 0 Å². The monoisotopic (exact) mass is 302 g/mol. The Morgan fingerprint density at radius 3 is 2.45 bits per heavy atom. The zero-order valence-electron chi connectivity index (χ0n) is 13.8. The molecule has 22 heavy (non-hydrogen) atoms. The molecule has 0 radical (unpaired) electrons. The van der Waals surface area contributed by atoms with Gasteiger partial charge in [0.2, 0.25) is 11.8 Å². The van der Waals surface area contributed by atoms with Crippen LogP contribution in [0.4, 0.5) is 5.69 Å². The van der Waals surface area contributed by atoms with Crippen LogP contribution >= 0.6 is 0 Å². The van der Waals surface area contributed by atoms with Crippen LogP contribution in [0.1, 0.15) is 38.7 Å². The quantitative estimate of drug-likeness (QED) is 0.858. The van der Waals surface area contributed by atoms with Crippen molar-refractivity contribution >= 4 is 17.5 Å². The molecule has 4 heteroatoms. The largest absolute Gasteiger partial charge is 0.343 e. The highest BCUT2D eigenvalue weighted by molar-refractivity contribution is 5.93. The summed E-state index contributed by atoms with van der Waals surface area (Å²) in [5.41, 5.74) is 1.95. The molecule has 1 heterocycles. The molecule has 0 aromatic heterocycles. The van der Waals surface area contributed by atoms with Gasteiger partial charge >= 0.3 is 0 Å². The molecule has 0 atom stereocenters. The van der Waals surface area contributed by atoms with Crippen molar-refractivity contribution in [2.45, 2.75) is 40.0 Å². The van der Waals surface area contributed by atoms with Crippen molar-refractivity contribution in [2.24, 2.45) is 5.92 Å². The molecule has 1 aliphatic heterocycles. The van der Waals surface area contributed by atoms with E-state index in [-0.39, 0.29) is 11.8 Å². The normalized spacial score (nSPS) is 15.7. The number of carbonyl (C=O) groups excluding carboxylic acids is 2. The lowest BCUT2D eigenvalue weighted by molar-refractivity contribution is -0.132. The molecule has 1 saturated heterocycles. The fourth-order valence-electron chi connectivity index (χ4n) is 2.94. The van der Waals surface area contributed by atoms with Crippen LogP contribution in [-0.4, -0.2) is 36.3 Å². The summed E-state index contributed by atoms with van der Waals surface area (Å²) in [7, 11) is 0. The van der Waals surface area contributed by atoms with Crippen molar-refractivity contribution < 1.29 is 9.59 Å². The van der Waals surface area contributed by atoms with Crippen molar-refractivity contribution in [1.82, 2.24) is 4.90 Å². The van der Waals surface area contributed by atoms with Crippen LogP contribution < -0.4 is 4.90 Å². The number of rotatable bonds is 4. The van der Waals surface area contributed by atoms with Gasteiger partial charge in [-0.3, -0.25) is 9.59 Å². The molecule has 1 fully saturated rings. The number of hydrogen-bond donors (Lipinski definition) is 0. The number of amides is 2. The van der Waals surface area contributed by atoms with Gasteiger partial charge in [0.1, 0.15) is 0 Å². The lowest BCUT2D eigenvalue weighted by Crippen LogP contribution is -2.40. The highest BCUT2D eigenvalue weighted by atomic mass is 16.2. The first-order valence-corrected chi connectivity index (χ1v) is 8.10. The average Bonchev–Trinajstić information content (AvgIpc) is 2.49. The maximum atomic E-state index is 12.3. The zero-order chi connectivity index (χ0) is 16.1. The van der Waals surface area contributed by atoms with Crippen molar-refractivity contribution in [3.63, 3.8) is 0 Å². The summed E-state index contributed by atoms with van der Waals surface area (Å²) in [5, 5.41) is 0. The van der Waals surface area contributed by atoms with Gasteiger partial charge in [0, 0.05) is 38.7 Å². The summed E-state index contributed by atoms with van der Waals surface area (Å²) < 4.78 is 0. The van der Waals surface area contributed by atoms with Gasteiger partial charge in [0.25, 0.3) is 0 Å². The number of nitrogens with zero attached hydrogens (tertiary/aromatic N) is 2. The third-order valence-electron chi connectivity index (χ3n) is 4.47. The Morgan fingerprint density at radius 2 is 1.86 bits per heavy atom. The molecule has 2 rings (SSSR count). The van der Waals surface area contributed by atoms with Crippen LogP contribution in [-0.2, 0) is 9.59 Å². The number of aryl methyl sites for hydroxylation is 1.